The lowest BCUT2D eigenvalue weighted by Gasteiger charge is -1.93. The standard InChI is InChI=1S/C9H7ClN2S/c10-7-3-1-6(2-4-7)8-5-13-9(11)12-8/h1-5H,(H2,11,12)/p+1. The predicted molar refractivity (Wildman–Crippen MR) is 55.7 cm³/mol. The van der Waals surface area contributed by atoms with Gasteiger partial charge in [0.25, 0.3) is 0 Å². The Morgan fingerprint density at radius 1 is 1.23 bits per heavy atom. The molecule has 1 aromatic carbocycles. The summed E-state index contributed by atoms with van der Waals surface area (Å²) in [6, 6.07) is 7.64. The van der Waals surface area contributed by atoms with Gasteiger partial charge in [-0.15, -0.1) is 0 Å². The third-order valence-corrected chi connectivity index (χ3v) is 2.68. The molecule has 1 aromatic heterocycles. The van der Waals surface area contributed by atoms with Crippen molar-refractivity contribution in [3.8, 4) is 11.3 Å². The number of hydrogen-bond donors (Lipinski definition) is 1. The van der Waals surface area contributed by atoms with Gasteiger partial charge in [0.15, 0.2) is 0 Å². The van der Waals surface area contributed by atoms with Gasteiger partial charge in [0, 0.05) is 16.0 Å². The van der Waals surface area contributed by atoms with Crippen LogP contribution >= 0.6 is 22.9 Å². The maximum Gasteiger partial charge on any atom is 0.329 e. The monoisotopic (exact) mass is 211 g/mol. The van der Waals surface area contributed by atoms with Crippen LogP contribution in [0.1, 0.15) is 0 Å². The highest BCUT2D eigenvalue weighted by molar-refractivity contribution is 7.13. The van der Waals surface area contributed by atoms with Crippen LogP contribution in [0.5, 0.6) is 0 Å². The number of aromatic nitrogens is 1. The van der Waals surface area contributed by atoms with E-state index in [-0.39, 0.29) is 0 Å². The zero-order valence-corrected chi connectivity index (χ0v) is 8.32. The molecule has 2 nitrogen and oxygen atoms in total. The van der Waals surface area contributed by atoms with E-state index in [2.05, 4.69) is 4.98 Å². The summed E-state index contributed by atoms with van der Waals surface area (Å²) >= 11 is 7.26. The summed E-state index contributed by atoms with van der Waals surface area (Å²) in [6.45, 7) is 0. The van der Waals surface area contributed by atoms with Crippen LogP contribution in [0.3, 0.4) is 0 Å². The maximum atomic E-state index is 5.77. The minimum atomic E-state index is 0.713. The van der Waals surface area contributed by atoms with Crippen LogP contribution in [0.4, 0.5) is 5.13 Å². The fourth-order valence-electron chi connectivity index (χ4n) is 1.08. The molecule has 0 saturated carbocycles. The zero-order valence-electron chi connectivity index (χ0n) is 6.75. The van der Waals surface area contributed by atoms with E-state index in [9.17, 15) is 0 Å². The van der Waals surface area contributed by atoms with Gasteiger partial charge in [0.1, 0.15) is 5.69 Å². The molecular weight excluding hydrogens is 204 g/mol. The molecule has 4 heteroatoms. The van der Waals surface area contributed by atoms with Gasteiger partial charge in [-0.2, -0.15) is 0 Å². The summed E-state index contributed by atoms with van der Waals surface area (Å²) in [5.41, 5.74) is 7.70. The van der Waals surface area contributed by atoms with Crippen LogP contribution in [0.2, 0.25) is 5.02 Å². The van der Waals surface area contributed by atoms with Crippen molar-refractivity contribution in [1.29, 1.82) is 0 Å². The molecule has 2 aromatic rings. The predicted octanol–water partition coefficient (Wildman–Crippen LogP) is 2.46. The summed E-state index contributed by atoms with van der Waals surface area (Å²) in [7, 11) is 0. The highest BCUT2D eigenvalue weighted by Gasteiger charge is 2.05. The van der Waals surface area contributed by atoms with E-state index in [1.54, 1.807) is 0 Å². The normalized spacial score (nSPS) is 10.2. The molecule has 0 radical (unpaired) electrons. The van der Waals surface area contributed by atoms with E-state index in [1.807, 2.05) is 29.6 Å². The molecule has 0 aliphatic heterocycles. The van der Waals surface area contributed by atoms with Crippen molar-refractivity contribution in [2.24, 2.45) is 0 Å². The van der Waals surface area contributed by atoms with Crippen molar-refractivity contribution in [2.45, 2.75) is 0 Å². The molecule has 0 unspecified atom stereocenters. The average molecular weight is 212 g/mol. The highest BCUT2D eigenvalue weighted by Crippen LogP contribution is 2.20. The summed E-state index contributed by atoms with van der Waals surface area (Å²) in [5, 5.41) is 3.44. The molecule has 0 aliphatic carbocycles. The second kappa shape index (κ2) is 3.36. The largest absolute Gasteiger partial charge is 0.329 e. The van der Waals surface area contributed by atoms with E-state index in [1.165, 1.54) is 11.3 Å². The fourth-order valence-corrected chi connectivity index (χ4v) is 1.82. The van der Waals surface area contributed by atoms with E-state index < -0.39 is 0 Å². The molecule has 0 bridgehead atoms. The number of nitrogen functional groups attached to an aromatic ring is 1. The van der Waals surface area contributed by atoms with Crippen molar-refractivity contribution in [2.75, 3.05) is 5.73 Å². The van der Waals surface area contributed by atoms with Gasteiger partial charge in [0.2, 0.25) is 0 Å². The summed E-state index contributed by atoms with van der Waals surface area (Å²) < 4.78 is 0. The van der Waals surface area contributed by atoms with Gasteiger partial charge in [-0.05, 0) is 24.3 Å². The molecule has 0 spiro atoms. The number of anilines is 1. The van der Waals surface area contributed by atoms with Crippen molar-refractivity contribution in [1.82, 2.24) is 0 Å². The smallest absolute Gasteiger partial charge is 0.278 e. The molecule has 66 valence electrons. The Labute approximate surface area is 85.0 Å². The Bertz CT molecular complexity index is 408. The van der Waals surface area contributed by atoms with Gasteiger partial charge in [0.05, 0.1) is 0 Å². The number of aromatic amines is 1. The molecule has 3 N–H and O–H groups in total. The number of benzene rings is 1. The maximum absolute atomic E-state index is 5.77. The van der Waals surface area contributed by atoms with Crippen molar-refractivity contribution < 1.29 is 4.98 Å². The van der Waals surface area contributed by atoms with E-state index in [4.69, 9.17) is 17.3 Å². The molecule has 0 fully saturated rings. The SMILES string of the molecule is Nc1[nH+]c(-c2ccc(Cl)cc2)cs1. The summed E-state index contributed by atoms with van der Waals surface area (Å²) in [6.07, 6.45) is 0. The lowest BCUT2D eigenvalue weighted by Crippen LogP contribution is -2.06. The second-order valence-corrected chi connectivity index (χ2v) is 3.99. The molecule has 13 heavy (non-hydrogen) atoms. The molecule has 0 aliphatic rings. The highest BCUT2D eigenvalue weighted by atomic mass is 35.5. The number of hydrogen-bond acceptors (Lipinski definition) is 2. The van der Waals surface area contributed by atoms with Crippen molar-refractivity contribution in [3.05, 3.63) is 34.7 Å². The summed E-state index contributed by atoms with van der Waals surface area (Å²) in [5.74, 6) is 0. The van der Waals surface area contributed by atoms with Gasteiger partial charge in [-0.1, -0.05) is 22.9 Å². The van der Waals surface area contributed by atoms with Gasteiger partial charge in [-0.25, -0.2) is 4.98 Å². The van der Waals surface area contributed by atoms with Gasteiger partial charge >= 0.3 is 5.13 Å². The van der Waals surface area contributed by atoms with E-state index in [0.29, 0.717) is 5.13 Å². The first-order valence-corrected chi connectivity index (χ1v) is 5.04. The van der Waals surface area contributed by atoms with Gasteiger partial charge in [-0.3, -0.25) is 5.73 Å². The van der Waals surface area contributed by atoms with E-state index in [0.717, 1.165) is 16.3 Å². The first-order valence-electron chi connectivity index (χ1n) is 3.78. The van der Waals surface area contributed by atoms with Gasteiger partial charge < -0.3 is 0 Å². The van der Waals surface area contributed by atoms with Crippen LogP contribution in [-0.4, -0.2) is 0 Å². The van der Waals surface area contributed by atoms with E-state index >= 15 is 0 Å². The molecular formula is C9H8ClN2S+. The Morgan fingerprint density at radius 2 is 1.92 bits per heavy atom. The fraction of sp³-hybridized carbons (Fsp3) is 0. The quantitative estimate of drug-likeness (QED) is 0.774. The van der Waals surface area contributed by atoms with Crippen LogP contribution in [-0.2, 0) is 0 Å². The molecule has 1 heterocycles. The number of halogens is 1. The van der Waals surface area contributed by atoms with Crippen LogP contribution in [0, 0.1) is 0 Å². The first-order chi connectivity index (χ1) is 6.25. The van der Waals surface area contributed by atoms with Crippen LogP contribution < -0.4 is 10.7 Å². The first kappa shape index (κ1) is 8.53. The number of nitrogens with two attached hydrogens (primary N) is 1. The number of nitrogens with one attached hydrogen (secondary N) is 1. The van der Waals surface area contributed by atoms with Crippen molar-refractivity contribution >= 4 is 28.1 Å². The zero-order chi connectivity index (χ0) is 9.26. The summed E-state index contributed by atoms with van der Waals surface area (Å²) in [4.78, 5) is 3.06. The number of H-pyrrole nitrogens is 1. The average Bonchev–Trinajstić information content (AvgIpc) is 2.53. The minimum absolute atomic E-state index is 0.713. The molecule has 0 saturated heterocycles. The molecule has 0 atom stereocenters. The molecule has 2 rings (SSSR count). The Balaban J connectivity index is 2.41. The number of thiazole rings is 1. The lowest BCUT2D eigenvalue weighted by atomic mass is 10.2. The number of rotatable bonds is 1. The third-order valence-electron chi connectivity index (χ3n) is 1.72. The van der Waals surface area contributed by atoms with Crippen LogP contribution in [0.25, 0.3) is 11.3 Å². The lowest BCUT2D eigenvalue weighted by molar-refractivity contribution is -0.340. The third kappa shape index (κ3) is 1.82. The topological polar surface area (TPSA) is 40.2 Å². The Kier molecular flexibility index (Phi) is 2.20. The molecule has 0 amide bonds. The van der Waals surface area contributed by atoms with Crippen LogP contribution in [0.15, 0.2) is 29.6 Å². The second-order valence-electron chi connectivity index (χ2n) is 2.65. The van der Waals surface area contributed by atoms with Crippen molar-refractivity contribution in [3.63, 3.8) is 0 Å². The minimum Gasteiger partial charge on any atom is -0.278 e. The Hall–Kier alpha value is -1.06. The Morgan fingerprint density at radius 3 is 2.46 bits per heavy atom.